The molecular formula is C17H13F3N2O2. The lowest BCUT2D eigenvalue weighted by Gasteiger charge is -2.08. The van der Waals surface area contributed by atoms with Crippen molar-refractivity contribution in [2.24, 2.45) is 0 Å². The third kappa shape index (κ3) is 5.32. The second-order valence-electron chi connectivity index (χ2n) is 4.57. The van der Waals surface area contributed by atoms with Crippen LogP contribution in [0, 0.1) is 11.8 Å². The first-order valence-corrected chi connectivity index (χ1v) is 6.92. The van der Waals surface area contributed by atoms with Crippen LogP contribution in [-0.4, -0.2) is 24.0 Å². The molecule has 124 valence electrons. The first-order valence-electron chi connectivity index (χ1n) is 6.92. The second kappa shape index (κ2) is 8.02. The van der Waals surface area contributed by atoms with Gasteiger partial charge in [0, 0.05) is 6.20 Å². The van der Waals surface area contributed by atoms with Crippen LogP contribution in [0.3, 0.4) is 0 Å². The van der Waals surface area contributed by atoms with E-state index in [9.17, 15) is 18.0 Å². The number of halogens is 3. The third-order valence-corrected chi connectivity index (χ3v) is 2.83. The molecule has 1 amide bonds. The Morgan fingerprint density at radius 1 is 1.17 bits per heavy atom. The molecule has 0 aliphatic heterocycles. The number of alkyl halides is 3. The summed E-state index contributed by atoms with van der Waals surface area (Å²) in [6.45, 7) is 0.00211. The van der Waals surface area contributed by atoms with Crippen LogP contribution in [-0.2, 0) is 6.18 Å². The molecule has 0 atom stereocenters. The lowest BCUT2D eigenvalue weighted by Crippen LogP contribution is -2.24. The molecule has 0 aliphatic carbocycles. The topological polar surface area (TPSA) is 51.2 Å². The number of hydrogen-bond donors (Lipinski definition) is 1. The molecule has 1 heterocycles. The zero-order chi connectivity index (χ0) is 17.4. The number of hydrogen-bond acceptors (Lipinski definition) is 3. The highest BCUT2D eigenvalue weighted by Crippen LogP contribution is 2.31. The first kappa shape index (κ1) is 17.3. The average Bonchev–Trinajstić information content (AvgIpc) is 2.58. The number of nitrogens with zero attached hydrogens (tertiary/aromatic N) is 1. The number of rotatable bonds is 4. The Morgan fingerprint density at radius 2 is 2.00 bits per heavy atom. The van der Waals surface area contributed by atoms with E-state index in [4.69, 9.17) is 4.74 Å². The van der Waals surface area contributed by atoms with Gasteiger partial charge in [-0.25, -0.2) is 0 Å². The molecule has 2 rings (SSSR count). The van der Waals surface area contributed by atoms with Crippen molar-refractivity contribution in [2.75, 3.05) is 13.2 Å². The fourth-order valence-corrected chi connectivity index (χ4v) is 1.71. The second-order valence-corrected chi connectivity index (χ2v) is 4.57. The van der Waals surface area contributed by atoms with Gasteiger partial charge in [-0.1, -0.05) is 24.0 Å². The Morgan fingerprint density at radius 3 is 2.71 bits per heavy atom. The van der Waals surface area contributed by atoms with Crippen molar-refractivity contribution in [3.8, 4) is 17.6 Å². The molecular weight excluding hydrogens is 321 g/mol. The molecule has 0 aliphatic rings. The van der Waals surface area contributed by atoms with Gasteiger partial charge in [0.05, 0.1) is 12.1 Å². The van der Waals surface area contributed by atoms with E-state index >= 15 is 0 Å². The zero-order valence-corrected chi connectivity index (χ0v) is 12.4. The lowest BCUT2D eigenvalue weighted by atomic mass is 10.2. The maximum atomic E-state index is 12.5. The Labute approximate surface area is 136 Å². The summed E-state index contributed by atoms with van der Waals surface area (Å²) < 4.78 is 42.8. The van der Waals surface area contributed by atoms with Gasteiger partial charge in [-0.2, -0.15) is 13.2 Å². The number of carbonyl (C=O) groups is 1. The summed E-state index contributed by atoms with van der Waals surface area (Å²) in [6.07, 6.45) is -2.91. The molecule has 0 bridgehead atoms. The fraction of sp³-hybridized carbons (Fsp3) is 0.176. The van der Waals surface area contributed by atoms with Crippen molar-refractivity contribution in [2.45, 2.75) is 6.18 Å². The maximum absolute atomic E-state index is 12.5. The van der Waals surface area contributed by atoms with E-state index in [0.29, 0.717) is 0 Å². The SMILES string of the molecule is O=C(NCC#CCOc1cccc(C(F)(F)F)c1)c1ccccn1. The molecule has 1 aromatic carbocycles. The van der Waals surface area contributed by atoms with Crippen molar-refractivity contribution in [3.05, 3.63) is 59.9 Å². The molecule has 0 spiro atoms. The van der Waals surface area contributed by atoms with Crippen LogP contribution in [0.25, 0.3) is 0 Å². The van der Waals surface area contributed by atoms with Gasteiger partial charge in [0.15, 0.2) is 0 Å². The van der Waals surface area contributed by atoms with Crippen LogP contribution in [0.2, 0.25) is 0 Å². The predicted molar refractivity (Wildman–Crippen MR) is 81.3 cm³/mol. The molecule has 4 nitrogen and oxygen atoms in total. The molecule has 0 saturated heterocycles. The summed E-state index contributed by atoms with van der Waals surface area (Å²) >= 11 is 0. The van der Waals surface area contributed by atoms with Crippen molar-refractivity contribution in [1.29, 1.82) is 0 Å². The van der Waals surface area contributed by atoms with Gasteiger partial charge in [-0.15, -0.1) is 0 Å². The Bertz CT molecular complexity index is 750. The number of carbonyl (C=O) groups excluding carboxylic acids is 1. The van der Waals surface area contributed by atoms with E-state index in [0.717, 1.165) is 12.1 Å². The van der Waals surface area contributed by atoms with E-state index < -0.39 is 11.7 Å². The summed E-state index contributed by atoms with van der Waals surface area (Å²) in [6, 6.07) is 9.51. The van der Waals surface area contributed by atoms with Crippen LogP contribution in [0.1, 0.15) is 16.1 Å². The largest absolute Gasteiger partial charge is 0.481 e. The quantitative estimate of drug-likeness (QED) is 0.875. The Hall–Kier alpha value is -3.01. The van der Waals surface area contributed by atoms with E-state index in [1.807, 2.05) is 0 Å². The number of amides is 1. The van der Waals surface area contributed by atoms with E-state index in [1.54, 1.807) is 18.2 Å². The van der Waals surface area contributed by atoms with Crippen LogP contribution in [0.5, 0.6) is 5.75 Å². The van der Waals surface area contributed by atoms with Crippen LogP contribution < -0.4 is 10.1 Å². The highest BCUT2D eigenvalue weighted by atomic mass is 19.4. The van der Waals surface area contributed by atoms with E-state index in [-0.39, 0.29) is 30.5 Å². The molecule has 0 unspecified atom stereocenters. The monoisotopic (exact) mass is 334 g/mol. The number of benzene rings is 1. The summed E-state index contributed by atoms with van der Waals surface area (Å²) in [5.74, 6) is 4.98. The lowest BCUT2D eigenvalue weighted by molar-refractivity contribution is -0.137. The van der Waals surface area contributed by atoms with E-state index in [1.165, 1.54) is 18.3 Å². The van der Waals surface area contributed by atoms with Crippen molar-refractivity contribution in [1.82, 2.24) is 10.3 Å². The first-order chi connectivity index (χ1) is 11.5. The summed E-state index contributed by atoms with van der Waals surface area (Å²) in [4.78, 5) is 15.5. The van der Waals surface area contributed by atoms with Gasteiger partial charge in [0.25, 0.3) is 5.91 Å². The number of pyridine rings is 1. The zero-order valence-electron chi connectivity index (χ0n) is 12.4. The van der Waals surface area contributed by atoms with Gasteiger partial charge in [-0.05, 0) is 30.3 Å². The van der Waals surface area contributed by atoms with E-state index in [2.05, 4.69) is 22.1 Å². The molecule has 2 aromatic rings. The number of ether oxygens (including phenoxy) is 1. The molecule has 7 heteroatoms. The van der Waals surface area contributed by atoms with Gasteiger partial charge in [0.2, 0.25) is 0 Å². The summed E-state index contributed by atoms with van der Waals surface area (Å²) in [5, 5.41) is 2.55. The number of nitrogens with one attached hydrogen (secondary N) is 1. The summed E-state index contributed by atoms with van der Waals surface area (Å²) in [5.41, 5.74) is -0.505. The van der Waals surface area contributed by atoms with Crippen molar-refractivity contribution >= 4 is 5.91 Å². The van der Waals surface area contributed by atoms with Crippen LogP contribution in [0.15, 0.2) is 48.7 Å². The molecule has 1 aromatic heterocycles. The smallest absolute Gasteiger partial charge is 0.416 e. The number of aromatic nitrogens is 1. The van der Waals surface area contributed by atoms with Crippen molar-refractivity contribution < 1.29 is 22.7 Å². The van der Waals surface area contributed by atoms with Crippen LogP contribution in [0.4, 0.5) is 13.2 Å². The predicted octanol–water partition coefficient (Wildman–Crippen LogP) is 2.91. The molecule has 0 saturated carbocycles. The van der Waals surface area contributed by atoms with Crippen LogP contribution >= 0.6 is 0 Å². The summed E-state index contributed by atoms with van der Waals surface area (Å²) in [7, 11) is 0. The maximum Gasteiger partial charge on any atom is 0.416 e. The minimum Gasteiger partial charge on any atom is -0.481 e. The standard InChI is InChI=1S/C17H13F3N2O2/c18-17(19,20)13-6-5-7-14(12-13)24-11-4-3-10-22-16(23)15-8-1-2-9-21-15/h1-2,5-9,12H,10-11H2,(H,22,23). The third-order valence-electron chi connectivity index (χ3n) is 2.83. The normalized spacial score (nSPS) is 10.5. The highest BCUT2D eigenvalue weighted by molar-refractivity contribution is 5.92. The van der Waals surface area contributed by atoms with Gasteiger partial charge in [-0.3, -0.25) is 9.78 Å². The average molecular weight is 334 g/mol. The van der Waals surface area contributed by atoms with Gasteiger partial charge < -0.3 is 10.1 Å². The van der Waals surface area contributed by atoms with Crippen molar-refractivity contribution in [3.63, 3.8) is 0 Å². The Kier molecular flexibility index (Phi) is 5.79. The van der Waals surface area contributed by atoms with Gasteiger partial charge in [0.1, 0.15) is 18.1 Å². The fourth-order valence-electron chi connectivity index (χ4n) is 1.71. The Balaban J connectivity index is 1.77. The van der Waals surface area contributed by atoms with Gasteiger partial charge >= 0.3 is 6.18 Å². The molecule has 0 radical (unpaired) electrons. The highest BCUT2D eigenvalue weighted by Gasteiger charge is 2.30. The molecule has 24 heavy (non-hydrogen) atoms. The molecule has 1 N–H and O–H groups in total. The molecule has 0 fully saturated rings. The minimum atomic E-state index is -4.42. The minimum absolute atomic E-state index is 0.0802.